The van der Waals surface area contributed by atoms with E-state index in [2.05, 4.69) is 194 Å². The van der Waals surface area contributed by atoms with Crippen molar-refractivity contribution in [3.8, 4) is 44.5 Å². The van der Waals surface area contributed by atoms with Gasteiger partial charge in [-0.3, -0.25) is 0 Å². The maximum Gasteiger partial charge on any atom is 0.143 e. The van der Waals surface area contributed by atoms with Crippen molar-refractivity contribution >= 4 is 65.0 Å². The molecule has 0 fully saturated rings. The molecule has 11 aromatic rings. The highest BCUT2D eigenvalue weighted by Crippen LogP contribution is 2.47. The minimum atomic E-state index is 0.938. The monoisotopic (exact) mass is 672 g/mol. The fraction of sp³-hybridized carbons (Fsp3) is 0. The van der Waals surface area contributed by atoms with Gasteiger partial charge in [-0.25, -0.2) is 0 Å². The molecular weight excluding hydrogens is 641 g/mol. The van der Waals surface area contributed by atoms with Gasteiger partial charge in [-0.1, -0.05) is 170 Å². The molecule has 1 aromatic heterocycles. The van der Waals surface area contributed by atoms with Crippen molar-refractivity contribution in [1.82, 2.24) is 0 Å². The van der Waals surface area contributed by atoms with Gasteiger partial charge in [-0.05, 0) is 101 Å². The number of hydrogen-bond donors (Lipinski definition) is 0. The van der Waals surface area contributed by atoms with Crippen LogP contribution in [0, 0.1) is 0 Å². The first-order chi connectivity index (χ1) is 26.3. The van der Waals surface area contributed by atoms with Crippen molar-refractivity contribution in [2.24, 2.45) is 0 Å². The highest BCUT2D eigenvalue weighted by atomic mass is 16.3. The first-order valence-corrected chi connectivity index (χ1v) is 18.3. The third-order valence-corrected chi connectivity index (χ3v) is 11.0. The molecule has 0 saturated carbocycles. The molecule has 1 heteroatoms. The fourth-order valence-corrected chi connectivity index (χ4v) is 8.64. The van der Waals surface area contributed by atoms with Gasteiger partial charge in [0.1, 0.15) is 11.2 Å². The van der Waals surface area contributed by atoms with Gasteiger partial charge in [0.05, 0.1) is 0 Å². The van der Waals surface area contributed by atoms with Crippen molar-refractivity contribution in [3.63, 3.8) is 0 Å². The molecule has 0 aliphatic rings. The maximum absolute atomic E-state index is 6.86. The molecule has 246 valence electrons. The first kappa shape index (κ1) is 29.7. The summed E-state index contributed by atoms with van der Waals surface area (Å²) in [5.74, 6) is 0. The van der Waals surface area contributed by atoms with Gasteiger partial charge in [-0.2, -0.15) is 0 Å². The Morgan fingerprint density at radius 3 is 1.38 bits per heavy atom. The van der Waals surface area contributed by atoms with Crippen LogP contribution in [0.4, 0.5) is 0 Å². The van der Waals surface area contributed by atoms with Gasteiger partial charge >= 0.3 is 0 Å². The van der Waals surface area contributed by atoms with E-state index in [1.54, 1.807) is 0 Å². The second-order valence-electron chi connectivity index (χ2n) is 14.0. The van der Waals surface area contributed by atoms with Crippen LogP contribution in [0.15, 0.2) is 199 Å². The second-order valence-corrected chi connectivity index (χ2v) is 14.0. The number of hydrogen-bond acceptors (Lipinski definition) is 1. The Bertz CT molecular complexity index is 3160. The van der Waals surface area contributed by atoms with Crippen LogP contribution in [0.3, 0.4) is 0 Å². The van der Waals surface area contributed by atoms with Crippen molar-refractivity contribution < 1.29 is 4.42 Å². The molecule has 0 radical (unpaired) electrons. The summed E-state index contributed by atoms with van der Waals surface area (Å²) in [7, 11) is 0. The Morgan fingerprint density at radius 2 is 0.736 bits per heavy atom. The lowest BCUT2D eigenvalue weighted by molar-refractivity contribution is 0.676. The van der Waals surface area contributed by atoms with E-state index in [-0.39, 0.29) is 0 Å². The Balaban J connectivity index is 1.17. The normalized spacial score (nSPS) is 11.8. The molecule has 1 nitrogen and oxygen atoms in total. The minimum absolute atomic E-state index is 0.938. The van der Waals surface area contributed by atoms with Crippen molar-refractivity contribution in [2.45, 2.75) is 0 Å². The maximum atomic E-state index is 6.86. The molecule has 0 aliphatic carbocycles. The van der Waals surface area contributed by atoms with Crippen molar-refractivity contribution in [3.05, 3.63) is 194 Å². The molecular formula is C52H32O. The topological polar surface area (TPSA) is 13.1 Å². The van der Waals surface area contributed by atoms with Crippen LogP contribution >= 0.6 is 0 Å². The third kappa shape index (κ3) is 4.64. The summed E-state index contributed by atoms with van der Waals surface area (Å²) < 4.78 is 6.86. The summed E-state index contributed by atoms with van der Waals surface area (Å²) >= 11 is 0. The highest BCUT2D eigenvalue weighted by molar-refractivity contribution is 6.25. The number of fused-ring (bicyclic) bond motifs is 9. The Labute approximate surface area is 307 Å². The second kappa shape index (κ2) is 11.8. The Morgan fingerprint density at radius 1 is 0.264 bits per heavy atom. The Hall–Kier alpha value is -6.96. The summed E-state index contributed by atoms with van der Waals surface area (Å²) in [5.41, 5.74) is 11.6. The summed E-state index contributed by atoms with van der Waals surface area (Å²) in [4.78, 5) is 0. The molecule has 0 spiro atoms. The van der Waals surface area contributed by atoms with Crippen LogP contribution in [-0.2, 0) is 0 Å². The smallest absolute Gasteiger partial charge is 0.143 e. The van der Waals surface area contributed by atoms with Crippen LogP contribution in [-0.4, -0.2) is 0 Å². The predicted molar refractivity (Wildman–Crippen MR) is 225 cm³/mol. The van der Waals surface area contributed by atoms with E-state index in [4.69, 9.17) is 4.42 Å². The lowest BCUT2D eigenvalue weighted by Crippen LogP contribution is -1.91. The molecule has 11 rings (SSSR count). The average Bonchev–Trinajstić information content (AvgIpc) is 3.64. The summed E-state index contributed by atoms with van der Waals surface area (Å²) in [5, 5.41) is 11.9. The van der Waals surface area contributed by atoms with Gasteiger partial charge in [0.25, 0.3) is 0 Å². The number of benzene rings is 10. The largest absolute Gasteiger partial charge is 0.455 e. The van der Waals surface area contributed by atoms with Gasteiger partial charge in [-0.15, -0.1) is 0 Å². The quantitative estimate of drug-likeness (QED) is 0.170. The van der Waals surface area contributed by atoms with Crippen molar-refractivity contribution in [2.75, 3.05) is 0 Å². The third-order valence-electron chi connectivity index (χ3n) is 11.0. The van der Waals surface area contributed by atoms with Gasteiger partial charge < -0.3 is 4.42 Å². The van der Waals surface area contributed by atoms with Crippen LogP contribution in [0.5, 0.6) is 0 Å². The van der Waals surface area contributed by atoms with E-state index >= 15 is 0 Å². The van der Waals surface area contributed by atoms with E-state index in [1.165, 1.54) is 76.8 Å². The molecule has 0 N–H and O–H groups in total. The zero-order valence-electron chi connectivity index (χ0n) is 28.9. The van der Waals surface area contributed by atoms with Gasteiger partial charge in [0.2, 0.25) is 0 Å². The van der Waals surface area contributed by atoms with Gasteiger partial charge in [0.15, 0.2) is 0 Å². The van der Waals surface area contributed by atoms with E-state index in [0.717, 1.165) is 32.7 Å². The highest BCUT2D eigenvalue weighted by Gasteiger charge is 2.20. The first-order valence-electron chi connectivity index (χ1n) is 18.3. The molecule has 10 aromatic carbocycles. The summed E-state index contributed by atoms with van der Waals surface area (Å²) in [6.45, 7) is 0. The van der Waals surface area contributed by atoms with Crippen LogP contribution < -0.4 is 0 Å². The zero-order valence-corrected chi connectivity index (χ0v) is 28.9. The lowest BCUT2D eigenvalue weighted by atomic mass is 9.84. The van der Waals surface area contributed by atoms with Crippen LogP contribution in [0.25, 0.3) is 110 Å². The Kier molecular flexibility index (Phi) is 6.62. The van der Waals surface area contributed by atoms with Crippen LogP contribution in [0.2, 0.25) is 0 Å². The minimum Gasteiger partial charge on any atom is -0.455 e. The molecule has 0 unspecified atom stereocenters. The zero-order chi connectivity index (χ0) is 34.9. The van der Waals surface area contributed by atoms with E-state index in [1.807, 2.05) is 0 Å². The lowest BCUT2D eigenvalue weighted by Gasteiger charge is -2.19. The molecule has 0 bridgehead atoms. The molecule has 0 saturated heterocycles. The molecule has 0 atom stereocenters. The molecule has 53 heavy (non-hydrogen) atoms. The average molecular weight is 673 g/mol. The van der Waals surface area contributed by atoms with E-state index in [9.17, 15) is 0 Å². The fourth-order valence-electron chi connectivity index (χ4n) is 8.64. The van der Waals surface area contributed by atoms with Crippen molar-refractivity contribution in [1.29, 1.82) is 0 Å². The summed E-state index contributed by atoms with van der Waals surface area (Å²) in [6, 6.07) is 70.5. The van der Waals surface area contributed by atoms with E-state index < -0.39 is 0 Å². The molecule has 0 amide bonds. The van der Waals surface area contributed by atoms with Gasteiger partial charge in [0, 0.05) is 21.5 Å². The van der Waals surface area contributed by atoms with E-state index in [0.29, 0.717) is 0 Å². The summed E-state index contributed by atoms with van der Waals surface area (Å²) in [6.07, 6.45) is 0. The SMILES string of the molecule is c1ccc(-c2cccc(-c3c4ccccc4c(-c4cccc(-c5cc6ccccc6c6oc7c8ccccc8ccc7c56)c4)c4ccccc34)c2)cc1. The van der Waals surface area contributed by atoms with Crippen LogP contribution in [0.1, 0.15) is 0 Å². The standard InChI is InChI=1S/C52H32O/c1-2-14-33(15-3-1)35-18-12-20-38(30-35)48-42-24-8-10-26-44(42)49(45-27-11-9-25-43(45)48)39-21-13-19-36(31-39)47-32-37-17-5-7-23-41(37)52-50(47)46-29-28-34-16-4-6-22-40(34)51(46)53-52/h1-32H. The molecule has 1 heterocycles. The molecule has 0 aliphatic heterocycles. The predicted octanol–water partition coefficient (Wildman–Crippen LogP) is 14.9. The number of furan rings is 1. The number of rotatable bonds is 4.